The molecule has 2 rings (SSSR count). The van der Waals surface area contributed by atoms with Gasteiger partial charge in [-0.15, -0.1) is 0 Å². The third kappa shape index (κ3) is 3.29. The van der Waals surface area contributed by atoms with Crippen LogP contribution < -0.4 is 11.3 Å². The molecule has 1 atom stereocenters. The number of benzene rings is 1. The van der Waals surface area contributed by atoms with Crippen molar-refractivity contribution < 1.29 is 4.39 Å². The molecular weight excluding hydrogens is 265 g/mol. The van der Waals surface area contributed by atoms with E-state index in [1.807, 2.05) is 6.92 Å². The third-order valence-corrected chi connectivity index (χ3v) is 3.37. The highest BCUT2D eigenvalue weighted by Gasteiger charge is 2.16. The van der Waals surface area contributed by atoms with E-state index in [4.69, 9.17) is 17.4 Å². The van der Waals surface area contributed by atoms with Crippen molar-refractivity contribution in [3.63, 3.8) is 0 Å². The maximum Gasteiger partial charge on any atom is 0.123 e. The summed E-state index contributed by atoms with van der Waals surface area (Å²) in [6.07, 6.45) is 2.27. The first-order valence-electron chi connectivity index (χ1n) is 5.93. The minimum atomic E-state index is -0.241. The van der Waals surface area contributed by atoms with Gasteiger partial charge in [-0.3, -0.25) is 16.3 Å². The van der Waals surface area contributed by atoms with Gasteiger partial charge in [-0.05, 0) is 48.7 Å². The number of halogens is 2. The second-order valence-corrected chi connectivity index (χ2v) is 4.77. The smallest absolute Gasteiger partial charge is 0.123 e. The Morgan fingerprint density at radius 3 is 2.84 bits per heavy atom. The fourth-order valence-electron chi connectivity index (χ4n) is 2.00. The Bertz CT molecular complexity index is 574. The summed E-state index contributed by atoms with van der Waals surface area (Å²) >= 11 is 6.11. The Hall–Kier alpha value is -1.49. The zero-order valence-corrected chi connectivity index (χ0v) is 11.3. The van der Waals surface area contributed by atoms with Gasteiger partial charge >= 0.3 is 0 Å². The van der Waals surface area contributed by atoms with Crippen molar-refractivity contribution >= 4 is 11.6 Å². The summed E-state index contributed by atoms with van der Waals surface area (Å²) in [5, 5.41) is 0.560. The maximum atomic E-state index is 13.1. The van der Waals surface area contributed by atoms with E-state index in [0.717, 1.165) is 11.1 Å². The Labute approximate surface area is 116 Å². The van der Waals surface area contributed by atoms with Crippen molar-refractivity contribution in [3.05, 3.63) is 64.2 Å². The van der Waals surface area contributed by atoms with Crippen LogP contribution in [0, 0.1) is 12.7 Å². The lowest BCUT2D eigenvalue weighted by Gasteiger charge is -2.17. The molecule has 5 heteroatoms. The summed E-state index contributed by atoms with van der Waals surface area (Å²) < 4.78 is 13.1. The average molecular weight is 280 g/mol. The molecule has 0 bridgehead atoms. The molecule has 0 spiro atoms. The van der Waals surface area contributed by atoms with Crippen LogP contribution in [0.25, 0.3) is 0 Å². The lowest BCUT2D eigenvalue weighted by atomic mass is 9.99. The van der Waals surface area contributed by atoms with Crippen LogP contribution in [0.1, 0.15) is 22.9 Å². The highest BCUT2D eigenvalue weighted by atomic mass is 35.5. The van der Waals surface area contributed by atoms with Crippen molar-refractivity contribution in [3.8, 4) is 0 Å². The van der Waals surface area contributed by atoms with Crippen LogP contribution in [-0.2, 0) is 6.42 Å². The van der Waals surface area contributed by atoms with Crippen molar-refractivity contribution in [2.75, 3.05) is 0 Å². The Kier molecular flexibility index (Phi) is 4.47. The lowest BCUT2D eigenvalue weighted by Crippen LogP contribution is -2.30. The van der Waals surface area contributed by atoms with E-state index >= 15 is 0 Å². The van der Waals surface area contributed by atoms with Crippen LogP contribution in [0.15, 0.2) is 36.5 Å². The van der Waals surface area contributed by atoms with Crippen LogP contribution in [0.3, 0.4) is 0 Å². The Balaban J connectivity index is 2.27. The zero-order valence-electron chi connectivity index (χ0n) is 10.5. The number of nitrogens with two attached hydrogens (primary N) is 1. The number of hydrazine groups is 1. The van der Waals surface area contributed by atoms with E-state index in [2.05, 4.69) is 10.4 Å². The van der Waals surface area contributed by atoms with Crippen LogP contribution in [0.5, 0.6) is 0 Å². The maximum absolute atomic E-state index is 13.1. The molecule has 1 unspecified atom stereocenters. The molecular formula is C14H15ClFN3. The SMILES string of the molecule is Cc1cc(F)ccc1CC(NN)c1ncccc1Cl. The van der Waals surface area contributed by atoms with Crippen LogP contribution in [0.4, 0.5) is 4.39 Å². The second-order valence-electron chi connectivity index (χ2n) is 4.36. The Morgan fingerprint density at radius 1 is 1.42 bits per heavy atom. The first kappa shape index (κ1) is 13.9. The average Bonchev–Trinajstić information content (AvgIpc) is 2.39. The van der Waals surface area contributed by atoms with Gasteiger partial charge in [0.1, 0.15) is 5.82 Å². The molecule has 0 radical (unpaired) electrons. The molecule has 0 aliphatic rings. The summed E-state index contributed by atoms with van der Waals surface area (Å²) in [5.74, 6) is 5.34. The van der Waals surface area contributed by atoms with Crippen molar-refractivity contribution in [1.29, 1.82) is 0 Å². The number of nitrogens with one attached hydrogen (secondary N) is 1. The molecule has 3 N–H and O–H groups in total. The monoisotopic (exact) mass is 279 g/mol. The van der Waals surface area contributed by atoms with Gasteiger partial charge < -0.3 is 0 Å². The largest absolute Gasteiger partial charge is 0.271 e. The molecule has 19 heavy (non-hydrogen) atoms. The number of nitrogens with zero attached hydrogens (tertiary/aromatic N) is 1. The van der Waals surface area contributed by atoms with Crippen LogP contribution >= 0.6 is 11.6 Å². The topological polar surface area (TPSA) is 50.9 Å². The van der Waals surface area contributed by atoms with E-state index in [9.17, 15) is 4.39 Å². The predicted octanol–water partition coefficient (Wildman–Crippen LogP) is 2.93. The van der Waals surface area contributed by atoms with Gasteiger partial charge in [0.15, 0.2) is 0 Å². The lowest BCUT2D eigenvalue weighted by molar-refractivity contribution is 0.536. The standard InChI is InChI=1S/C14H15ClFN3/c1-9-7-11(16)5-4-10(9)8-13(19-17)14-12(15)3-2-6-18-14/h2-7,13,19H,8,17H2,1H3. The highest BCUT2D eigenvalue weighted by molar-refractivity contribution is 6.31. The van der Waals surface area contributed by atoms with E-state index < -0.39 is 0 Å². The molecule has 0 saturated carbocycles. The van der Waals surface area contributed by atoms with Crippen molar-refractivity contribution in [2.45, 2.75) is 19.4 Å². The number of aromatic nitrogens is 1. The quantitative estimate of drug-likeness (QED) is 0.668. The number of rotatable bonds is 4. The summed E-state index contributed by atoms with van der Waals surface area (Å²) in [7, 11) is 0. The third-order valence-electron chi connectivity index (χ3n) is 3.05. The molecule has 2 aromatic rings. The van der Waals surface area contributed by atoms with Gasteiger partial charge in [-0.1, -0.05) is 17.7 Å². The van der Waals surface area contributed by atoms with Crippen molar-refractivity contribution in [1.82, 2.24) is 10.4 Å². The van der Waals surface area contributed by atoms with E-state index in [-0.39, 0.29) is 11.9 Å². The molecule has 1 heterocycles. The molecule has 1 aromatic heterocycles. The predicted molar refractivity (Wildman–Crippen MR) is 74.2 cm³/mol. The fourth-order valence-corrected chi connectivity index (χ4v) is 2.25. The molecule has 0 amide bonds. The van der Waals surface area contributed by atoms with E-state index in [1.54, 1.807) is 24.4 Å². The minimum absolute atomic E-state index is 0.210. The molecule has 0 saturated heterocycles. The Morgan fingerprint density at radius 2 is 2.21 bits per heavy atom. The summed E-state index contributed by atoms with van der Waals surface area (Å²) in [5.41, 5.74) is 5.29. The first-order chi connectivity index (χ1) is 9.11. The molecule has 0 aliphatic carbocycles. The van der Waals surface area contributed by atoms with Gasteiger partial charge in [-0.2, -0.15) is 0 Å². The number of hydrogen-bond acceptors (Lipinski definition) is 3. The summed E-state index contributed by atoms with van der Waals surface area (Å²) in [6.45, 7) is 1.87. The number of hydrogen-bond donors (Lipinski definition) is 2. The van der Waals surface area contributed by atoms with Gasteiger partial charge in [0, 0.05) is 6.20 Å². The summed E-state index contributed by atoms with van der Waals surface area (Å²) in [4.78, 5) is 4.24. The zero-order chi connectivity index (χ0) is 13.8. The van der Waals surface area contributed by atoms with Gasteiger partial charge in [0.2, 0.25) is 0 Å². The second kappa shape index (κ2) is 6.10. The highest BCUT2D eigenvalue weighted by Crippen LogP contribution is 2.24. The molecule has 100 valence electrons. The van der Waals surface area contributed by atoms with Crippen LogP contribution in [0.2, 0.25) is 5.02 Å². The van der Waals surface area contributed by atoms with E-state index in [0.29, 0.717) is 17.1 Å². The number of pyridine rings is 1. The number of aryl methyl sites for hydroxylation is 1. The first-order valence-corrected chi connectivity index (χ1v) is 6.31. The fraction of sp³-hybridized carbons (Fsp3) is 0.214. The summed E-state index contributed by atoms with van der Waals surface area (Å²) in [6, 6.07) is 8.02. The van der Waals surface area contributed by atoms with Crippen molar-refractivity contribution in [2.24, 2.45) is 5.84 Å². The molecule has 3 nitrogen and oxygen atoms in total. The van der Waals surface area contributed by atoms with Gasteiger partial charge in [0.25, 0.3) is 0 Å². The molecule has 0 aliphatic heterocycles. The molecule has 1 aromatic carbocycles. The van der Waals surface area contributed by atoms with Gasteiger partial charge in [0.05, 0.1) is 16.8 Å². The normalized spacial score (nSPS) is 12.4. The van der Waals surface area contributed by atoms with E-state index in [1.165, 1.54) is 12.1 Å². The van der Waals surface area contributed by atoms with Gasteiger partial charge in [-0.25, -0.2) is 4.39 Å². The van der Waals surface area contributed by atoms with Crippen LogP contribution in [-0.4, -0.2) is 4.98 Å². The molecule has 0 fully saturated rings. The minimum Gasteiger partial charge on any atom is -0.271 e.